The van der Waals surface area contributed by atoms with E-state index in [2.05, 4.69) is 21.2 Å². The van der Waals surface area contributed by atoms with Gasteiger partial charge in [-0.25, -0.2) is 4.39 Å². The minimum absolute atomic E-state index is 0.101. The molecule has 1 fully saturated rings. The Bertz CT molecular complexity index is 437. The monoisotopic (exact) mass is 329 g/mol. The Kier molecular flexibility index (Phi) is 5.34. The lowest BCUT2D eigenvalue weighted by atomic mass is 10.1. The fourth-order valence-electron chi connectivity index (χ4n) is 1.77. The Labute approximate surface area is 120 Å². The SMILES string of the molecule is O=C(CBr)NC[C@H](OCC1CC1)c1cccc(F)c1. The normalized spacial score (nSPS) is 16.1. The quantitative estimate of drug-likeness (QED) is 0.781. The molecule has 19 heavy (non-hydrogen) atoms. The van der Waals surface area contributed by atoms with Crippen molar-refractivity contribution in [1.82, 2.24) is 5.32 Å². The smallest absolute Gasteiger partial charge is 0.230 e. The number of carbonyl (C=O) groups is 1. The highest BCUT2D eigenvalue weighted by atomic mass is 79.9. The van der Waals surface area contributed by atoms with Gasteiger partial charge >= 0.3 is 0 Å². The van der Waals surface area contributed by atoms with E-state index in [1.807, 2.05) is 6.07 Å². The third-order valence-corrected chi connectivity index (χ3v) is 3.57. The second kappa shape index (κ2) is 7.01. The summed E-state index contributed by atoms with van der Waals surface area (Å²) in [4.78, 5) is 11.3. The van der Waals surface area contributed by atoms with Crippen molar-refractivity contribution in [2.75, 3.05) is 18.5 Å². The van der Waals surface area contributed by atoms with Crippen LogP contribution in [0, 0.1) is 11.7 Å². The van der Waals surface area contributed by atoms with Crippen molar-refractivity contribution in [3.05, 3.63) is 35.6 Å². The van der Waals surface area contributed by atoms with Gasteiger partial charge < -0.3 is 10.1 Å². The molecule has 104 valence electrons. The molecular formula is C14H17BrFNO2. The summed E-state index contributed by atoms with van der Waals surface area (Å²) >= 11 is 3.09. The van der Waals surface area contributed by atoms with Crippen LogP contribution in [-0.4, -0.2) is 24.4 Å². The standard InChI is InChI=1S/C14H17BrFNO2/c15-7-14(18)17-8-13(19-9-10-4-5-10)11-2-1-3-12(16)6-11/h1-3,6,10,13H,4-5,7-9H2,(H,17,18)/t13-/m0/s1. The molecule has 0 aliphatic heterocycles. The molecule has 0 heterocycles. The zero-order valence-corrected chi connectivity index (χ0v) is 12.2. The van der Waals surface area contributed by atoms with Crippen LogP contribution < -0.4 is 5.32 Å². The second-order valence-electron chi connectivity index (χ2n) is 4.76. The van der Waals surface area contributed by atoms with E-state index in [9.17, 15) is 9.18 Å². The van der Waals surface area contributed by atoms with Gasteiger partial charge in [0.05, 0.1) is 18.0 Å². The van der Waals surface area contributed by atoms with Gasteiger partial charge in [0.15, 0.2) is 0 Å². The van der Waals surface area contributed by atoms with E-state index in [1.165, 1.54) is 25.0 Å². The molecule has 1 atom stereocenters. The number of ether oxygens (including phenoxy) is 1. The van der Waals surface area contributed by atoms with E-state index in [0.717, 1.165) is 5.56 Å². The van der Waals surface area contributed by atoms with Gasteiger partial charge in [0.2, 0.25) is 5.91 Å². The molecule has 5 heteroatoms. The predicted octanol–water partition coefficient (Wildman–Crippen LogP) is 2.80. The number of carbonyl (C=O) groups excluding carboxylic acids is 1. The molecule has 0 saturated heterocycles. The van der Waals surface area contributed by atoms with Crippen LogP contribution in [0.3, 0.4) is 0 Å². The third kappa shape index (κ3) is 4.91. The van der Waals surface area contributed by atoms with Gasteiger partial charge in [0.1, 0.15) is 5.82 Å². The summed E-state index contributed by atoms with van der Waals surface area (Å²) in [6.45, 7) is 1.03. The molecule has 1 amide bonds. The van der Waals surface area contributed by atoms with E-state index < -0.39 is 0 Å². The van der Waals surface area contributed by atoms with Crippen LogP contribution >= 0.6 is 15.9 Å². The van der Waals surface area contributed by atoms with Crippen molar-refractivity contribution in [2.45, 2.75) is 18.9 Å². The topological polar surface area (TPSA) is 38.3 Å². The molecule has 1 saturated carbocycles. The van der Waals surface area contributed by atoms with E-state index in [-0.39, 0.29) is 23.2 Å². The lowest BCUT2D eigenvalue weighted by molar-refractivity contribution is -0.119. The number of amides is 1. The summed E-state index contributed by atoms with van der Waals surface area (Å²) < 4.78 is 19.1. The molecule has 0 bridgehead atoms. The summed E-state index contributed by atoms with van der Waals surface area (Å²) in [5.41, 5.74) is 0.760. The molecule has 1 aliphatic carbocycles. The Morgan fingerprint density at radius 3 is 2.95 bits per heavy atom. The van der Waals surface area contributed by atoms with Gasteiger partial charge in [-0.1, -0.05) is 28.1 Å². The highest BCUT2D eigenvalue weighted by Gasteiger charge is 2.24. The number of rotatable bonds is 7. The van der Waals surface area contributed by atoms with Gasteiger partial charge in [-0.2, -0.15) is 0 Å². The van der Waals surface area contributed by atoms with Crippen molar-refractivity contribution in [3.8, 4) is 0 Å². The summed E-state index contributed by atoms with van der Waals surface area (Å²) in [7, 11) is 0. The van der Waals surface area contributed by atoms with Crippen LogP contribution in [0.25, 0.3) is 0 Å². The average Bonchev–Trinajstić information content (AvgIpc) is 3.22. The van der Waals surface area contributed by atoms with Gasteiger partial charge in [-0.3, -0.25) is 4.79 Å². The average molecular weight is 330 g/mol. The minimum atomic E-state index is -0.292. The maximum Gasteiger partial charge on any atom is 0.230 e. The lowest BCUT2D eigenvalue weighted by Crippen LogP contribution is -2.30. The van der Waals surface area contributed by atoms with Crippen molar-refractivity contribution in [3.63, 3.8) is 0 Å². The maximum absolute atomic E-state index is 13.3. The van der Waals surface area contributed by atoms with Crippen LogP contribution in [-0.2, 0) is 9.53 Å². The van der Waals surface area contributed by atoms with Crippen molar-refractivity contribution in [2.24, 2.45) is 5.92 Å². The molecule has 0 spiro atoms. The number of nitrogens with one attached hydrogen (secondary N) is 1. The molecule has 2 rings (SSSR count). The highest BCUT2D eigenvalue weighted by molar-refractivity contribution is 9.09. The molecule has 3 nitrogen and oxygen atoms in total. The number of hydrogen-bond acceptors (Lipinski definition) is 2. The summed E-state index contributed by atoms with van der Waals surface area (Å²) in [6.07, 6.45) is 2.10. The minimum Gasteiger partial charge on any atom is -0.371 e. The largest absolute Gasteiger partial charge is 0.371 e. The predicted molar refractivity (Wildman–Crippen MR) is 74.6 cm³/mol. The molecule has 0 radical (unpaired) electrons. The Balaban J connectivity index is 1.97. The van der Waals surface area contributed by atoms with Crippen LogP contribution in [0.15, 0.2) is 24.3 Å². The summed E-state index contributed by atoms with van der Waals surface area (Å²) in [5.74, 6) is 0.240. The van der Waals surface area contributed by atoms with E-state index in [1.54, 1.807) is 6.07 Å². The van der Waals surface area contributed by atoms with Crippen molar-refractivity contribution < 1.29 is 13.9 Å². The second-order valence-corrected chi connectivity index (χ2v) is 5.32. The van der Waals surface area contributed by atoms with Crippen molar-refractivity contribution in [1.29, 1.82) is 0 Å². The first kappa shape index (κ1) is 14.5. The van der Waals surface area contributed by atoms with Gasteiger partial charge in [-0.05, 0) is 36.5 Å². The Morgan fingerprint density at radius 2 is 2.32 bits per heavy atom. The number of alkyl halides is 1. The Hall–Kier alpha value is -0.940. The molecular weight excluding hydrogens is 313 g/mol. The molecule has 0 unspecified atom stereocenters. The van der Waals surface area contributed by atoms with Crippen molar-refractivity contribution >= 4 is 21.8 Å². The molecule has 0 aromatic heterocycles. The first-order valence-electron chi connectivity index (χ1n) is 6.38. The molecule has 1 N–H and O–H groups in total. The summed E-state index contributed by atoms with van der Waals surface area (Å²) in [6, 6.07) is 6.34. The number of halogens is 2. The zero-order valence-electron chi connectivity index (χ0n) is 10.6. The summed E-state index contributed by atoms with van der Waals surface area (Å²) in [5, 5.41) is 3.02. The third-order valence-electron chi connectivity index (χ3n) is 3.06. The maximum atomic E-state index is 13.3. The first-order chi connectivity index (χ1) is 9.19. The van der Waals surface area contributed by atoms with E-state index >= 15 is 0 Å². The number of hydrogen-bond donors (Lipinski definition) is 1. The molecule has 1 aliphatic rings. The van der Waals surface area contributed by atoms with Crippen LogP contribution in [0.2, 0.25) is 0 Å². The lowest BCUT2D eigenvalue weighted by Gasteiger charge is -2.19. The Morgan fingerprint density at radius 1 is 1.53 bits per heavy atom. The van der Waals surface area contributed by atoms with Crippen LogP contribution in [0.5, 0.6) is 0 Å². The van der Waals surface area contributed by atoms with Crippen LogP contribution in [0.1, 0.15) is 24.5 Å². The molecule has 1 aromatic carbocycles. The highest BCUT2D eigenvalue weighted by Crippen LogP contribution is 2.31. The van der Waals surface area contributed by atoms with Gasteiger partial charge in [0, 0.05) is 6.54 Å². The van der Waals surface area contributed by atoms with Gasteiger partial charge in [0.25, 0.3) is 0 Å². The fraction of sp³-hybridized carbons (Fsp3) is 0.500. The number of benzene rings is 1. The molecule has 1 aromatic rings. The van der Waals surface area contributed by atoms with Gasteiger partial charge in [-0.15, -0.1) is 0 Å². The fourth-order valence-corrected chi connectivity index (χ4v) is 1.97. The van der Waals surface area contributed by atoms with Crippen LogP contribution in [0.4, 0.5) is 4.39 Å². The van der Waals surface area contributed by atoms with E-state index in [0.29, 0.717) is 19.1 Å². The zero-order chi connectivity index (χ0) is 13.7. The first-order valence-corrected chi connectivity index (χ1v) is 7.51. The van der Waals surface area contributed by atoms with E-state index in [4.69, 9.17) is 4.74 Å².